The maximum atomic E-state index is 13.2. The van der Waals surface area contributed by atoms with Gasteiger partial charge in [-0.2, -0.15) is 18.4 Å². The van der Waals surface area contributed by atoms with E-state index in [1.165, 1.54) is 24.8 Å². The minimum atomic E-state index is -4.82. The molecule has 7 nitrogen and oxygen atoms in total. The third-order valence-electron chi connectivity index (χ3n) is 4.58. The molecule has 0 unspecified atom stereocenters. The highest BCUT2D eigenvalue weighted by molar-refractivity contribution is 6.23. The Balaban J connectivity index is 2.31. The zero-order valence-electron chi connectivity index (χ0n) is 16.2. The molecule has 29 heavy (non-hydrogen) atoms. The molecule has 3 amide bonds. The van der Waals surface area contributed by atoms with Crippen molar-refractivity contribution in [3.63, 3.8) is 0 Å². The monoisotopic (exact) mass is 411 g/mol. The van der Waals surface area contributed by atoms with Crippen LogP contribution in [0, 0.1) is 11.3 Å². The highest BCUT2D eigenvalue weighted by Gasteiger charge is 2.51. The van der Waals surface area contributed by atoms with Crippen molar-refractivity contribution in [1.82, 2.24) is 4.90 Å². The number of hydrogen-bond donors (Lipinski definition) is 0. The van der Waals surface area contributed by atoms with Crippen LogP contribution in [0.25, 0.3) is 0 Å². The van der Waals surface area contributed by atoms with Gasteiger partial charge in [0.25, 0.3) is 5.91 Å². The van der Waals surface area contributed by atoms with Crippen LogP contribution < -0.4 is 4.90 Å². The summed E-state index contributed by atoms with van der Waals surface area (Å²) in [7, 11) is 0. The lowest BCUT2D eigenvalue weighted by Crippen LogP contribution is -2.44. The Morgan fingerprint density at radius 3 is 2.48 bits per heavy atom. The van der Waals surface area contributed by atoms with E-state index in [-0.39, 0.29) is 31.7 Å². The molecule has 1 aromatic carbocycles. The Labute approximate surface area is 165 Å². The Bertz CT molecular complexity index is 874. The maximum absolute atomic E-state index is 13.2. The number of nitriles is 1. The van der Waals surface area contributed by atoms with E-state index in [0.717, 1.165) is 12.1 Å². The van der Waals surface area contributed by atoms with Gasteiger partial charge in [-0.3, -0.25) is 9.59 Å². The number of esters is 1. The van der Waals surface area contributed by atoms with Crippen molar-refractivity contribution in [3.05, 3.63) is 29.3 Å². The second-order valence-electron chi connectivity index (χ2n) is 6.88. The largest absolute Gasteiger partial charge is 0.466 e. The molecule has 1 saturated heterocycles. The number of halogens is 3. The molecular weight excluding hydrogens is 391 g/mol. The molecular formula is C19H20F3N3O4. The van der Waals surface area contributed by atoms with Crippen molar-refractivity contribution in [1.29, 1.82) is 5.26 Å². The van der Waals surface area contributed by atoms with Gasteiger partial charge in [-0.25, -0.2) is 9.69 Å². The van der Waals surface area contributed by atoms with Crippen LogP contribution in [0.15, 0.2) is 18.2 Å². The normalized spacial score (nSPS) is 16.2. The van der Waals surface area contributed by atoms with Crippen LogP contribution in [-0.4, -0.2) is 41.5 Å². The molecule has 0 bridgehead atoms. The molecule has 0 atom stereocenters. The van der Waals surface area contributed by atoms with Gasteiger partial charge in [0.1, 0.15) is 5.54 Å². The molecule has 1 aromatic rings. The van der Waals surface area contributed by atoms with E-state index in [0.29, 0.717) is 11.0 Å². The Kier molecular flexibility index (Phi) is 6.21. The Morgan fingerprint density at radius 2 is 1.93 bits per heavy atom. The zero-order valence-corrected chi connectivity index (χ0v) is 16.2. The first-order chi connectivity index (χ1) is 13.4. The number of benzene rings is 1. The van der Waals surface area contributed by atoms with Crippen molar-refractivity contribution in [3.8, 4) is 6.07 Å². The van der Waals surface area contributed by atoms with Gasteiger partial charge in [0.2, 0.25) is 0 Å². The summed E-state index contributed by atoms with van der Waals surface area (Å²) in [6.45, 7) is 4.89. The molecule has 0 saturated carbocycles. The van der Waals surface area contributed by atoms with Crippen molar-refractivity contribution in [2.24, 2.45) is 0 Å². The summed E-state index contributed by atoms with van der Waals surface area (Å²) < 4.78 is 44.5. The lowest BCUT2D eigenvalue weighted by atomic mass is 10.0. The fourth-order valence-corrected chi connectivity index (χ4v) is 3.06. The Morgan fingerprint density at radius 1 is 1.28 bits per heavy atom. The molecule has 0 aliphatic carbocycles. The highest BCUT2D eigenvalue weighted by Crippen LogP contribution is 2.37. The quantitative estimate of drug-likeness (QED) is 0.528. The number of amides is 3. The predicted molar refractivity (Wildman–Crippen MR) is 95.7 cm³/mol. The molecule has 0 aromatic heterocycles. The van der Waals surface area contributed by atoms with E-state index in [1.807, 2.05) is 0 Å². The van der Waals surface area contributed by atoms with Gasteiger partial charge >= 0.3 is 18.2 Å². The van der Waals surface area contributed by atoms with Gasteiger partial charge in [0.15, 0.2) is 0 Å². The molecule has 1 aliphatic heterocycles. The number of nitrogens with zero attached hydrogens (tertiary/aromatic N) is 3. The number of hydrogen-bond acceptors (Lipinski definition) is 5. The molecule has 156 valence electrons. The lowest BCUT2D eigenvalue weighted by molar-refractivity contribution is -0.143. The van der Waals surface area contributed by atoms with Crippen LogP contribution in [-0.2, 0) is 20.5 Å². The van der Waals surface area contributed by atoms with Gasteiger partial charge in [-0.1, -0.05) is 0 Å². The number of carbonyl (C=O) groups is 3. The van der Waals surface area contributed by atoms with E-state index < -0.39 is 40.7 Å². The topological polar surface area (TPSA) is 90.7 Å². The average Bonchev–Trinajstić information content (AvgIpc) is 2.80. The van der Waals surface area contributed by atoms with Crippen LogP contribution in [0.2, 0.25) is 0 Å². The molecule has 1 heterocycles. The third-order valence-corrected chi connectivity index (χ3v) is 4.58. The number of anilines is 1. The first-order valence-corrected chi connectivity index (χ1v) is 8.88. The molecule has 1 fully saturated rings. The van der Waals surface area contributed by atoms with E-state index in [2.05, 4.69) is 0 Å². The number of urea groups is 1. The molecule has 0 N–H and O–H groups in total. The van der Waals surface area contributed by atoms with Crippen molar-refractivity contribution in [2.75, 3.05) is 18.1 Å². The summed E-state index contributed by atoms with van der Waals surface area (Å²) >= 11 is 0. The van der Waals surface area contributed by atoms with Gasteiger partial charge in [0, 0.05) is 13.0 Å². The van der Waals surface area contributed by atoms with Crippen molar-refractivity contribution < 1.29 is 32.3 Å². The summed E-state index contributed by atoms with van der Waals surface area (Å²) in [5, 5.41) is 8.90. The fourth-order valence-electron chi connectivity index (χ4n) is 3.06. The first kappa shape index (κ1) is 22.2. The number of ether oxygens (including phenoxy) is 1. The van der Waals surface area contributed by atoms with Crippen LogP contribution in [0.1, 0.15) is 44.7 Å². The molecule has 0 radical (unpaired) electrons. The number of alkyl halides is 3. The maximum Gasteiger partial charge on any atom is 0.417 e. The standard InChI is InChI=1S/C19H20F3N3O4/c1-4-29-15(26)6-5-9-24-17(28)25(16(27)18(24,2)3)13-8-7-12(11-23)14(10-13)19(20,21)22/h7-8,10H,4-6,9H2,1-3H3. The van der Waals surface area contributed by atoms with E-state index in [1.54, 1.807) is 6.92 Å². The lowest BCUT2D eigenvalue weighted by Gasteiger charge is -2.27. The highest BCUT2D eigenvalue weighted by atomic mass is 19.4. The van der Waals surface area contributed by atoms with Crippen LogP contribution in [0.3, 0.4) is 0 Å². The average molecular weight is 411 g/mol. The summed E-state index contributed by atoms with van der Waals surface area (Å²) in [6.07, 6.45) is -4.55. The SMILES string of the molecule is CCOC(=O)CCCN1C(=O)N(c2ccc(C#N)c(C(F)(F)F)c2)C(=O)C1(C)C. The van der Waals surface area contributed by atoms with Crippen molar-refractivity contribution >= 4 is 23.6 Å². The van der Waals surface area contributed by atoms with Gasteiger partial charge < -0.3 is 9.64 Å². The number of rotatable bonds is 6. The number of carbonyl (C=O) groups excluding carboxylic acids is 3. The second kappa shape index (κ2) is 8.11. The molecule has 1 aliphatic rings. The summed E-state index contributed by atoms with van der Waals surface area (Å²) in [4.78, 5) is 38.9. The minimum Gasteiger partial charge on any atom is -0.466 e. The van der Waals surface area contributed by atoms with Crippen LogP contribution in [0.5, 0.6) is 0 Å². The van der Waals surface area contributed by atoms with Gasteiger partial charge in [0.05, 0.1) is 29.5 Å². The third kappa shape index (κ3) is 4.34. The zero-order chi connectivity index (χ0) is 22.0. The van der Waals surface area contributed by atoms with Crippen LogP contribution >= 0.6 is 0 Å². The smallest absolute Gasteiger partial charge is 0.417 e. The van der Waals surface area contributed by atoms with E-state index >= 15 is 0 Å². The van der Waals surface area contributed by atoms with Crippen molar-refractivity contribution in [2.45, 2.75) is 45.3 Å². The Hall–Kier alpha value is -3.09. The minimum absolute atomic E-state index is 0.0387. The fraction of sp³-hybridized carbons (Fsp3) is 0.474. The predicted octanol–water partition coefficient (Wildman–Crippen LogP) is 3.47. The molecule has 2 rings (SSSR count). The molecule has 10 heteroatoms. The van der Waals surface area contributed by atoms with E-state index in [4.69, 9.17) is 10.00 Å². The first-order valence-electron chi connectivity index (χ1n) is 8.88. The summed E-state index contributed by atoms with van der Waals surface area (Å²) in [5.41, 5.74) is -3.41. The summed E-state index contributed by atoms with van der Waals surface area (Å²) in [6, 6.07) is 3.33. The summed E-state index contributed by atoms with van der Waals surface area (Å²) in [5.74, 6) is -1.14. The number of imide groups is 1. The van der Waals surface area contributed by atoms with Gasteiger partial charge in [-0.15, -0.1) is 0 Å². The molecule has 0 spiro atoms. The van der Waals surface area contributed by atoms with Crippen LogP contribution in [0.4, 0.5) is 23.7 Å². The second-order valence-corrected chi connectivity index (χ2v) is 6.88. The van der Waals surface area contributed by atoms with Gasteiger partial charge in [-0.05, 0) is 45.4 Å². The van der Waals surface area contributed by atoms with E-state index in [9.17, 15) is 27.6 Å².